The van der Waals surface area contributed by atoms with Gasteiger partial charge in [-0.15, -0.1) is 0 Å². The molecule has 0 bridgehead atoms. The van der Waals surface area contributed by atoms with Crippen LogP contribution in [0.3, 0.4) is 0 Å². The molecule has 1 aliphatic rings. The van der Waals surface area contributed by atoms with Gasteiger partial charge < -0.3 is 0 Å². The lowest BCUT2D eigenvalue weighted by atomic mass is 9.83. The lowest BCUT2D eigenvalue weighted by Gasteiger charge is -2.21. The number of rotatable bonds is 0. The first-order valence-electron chi connectivity index (χ1n) is 3.83. The fourth-order valence-corrected chi connectivity index (χ4v) is 1.29. The Labute approximate surface area is 62.1 Å². The van der Waals surface area contributed by atoms with Crippen LogP contribution in [-0.4, -0.2) is 5.78 Å². The van der Waals surface area contributed by atoms with E-state index in [1.807, 2.05) is 6.92 Å². The Morgan fingerprint density at radius 3 is 2.60 bits per heavy atom. The van der Waals surface area contributed by atoms with Gasteiger partial charge in [0.15, 0.2) is 5.78 Å². The molecule has 0 N–H and O–H groups in total. The third-order valence-corrected chi connectivity index (χ3v) is 2.36. The van der Waals surface area contributed by atoms with Gasteiger partial charge in [0.2, 0.25) is 0 Å². The minimum absolute atomic E-state index is 0.325. The van der Waals surface area contributed by atoms with Crippen LogP contribution in [0.1, 0.15) is 27.2 Å². The highest BCUT2D eigenvalue weighted by Gasteiger charge is 2.20. The second-order valence-corrected chi connectivity index (χ2v) is 3.31. The van der Waals surface area contributed by atoms with Crippen molar-refractivity contribution in [1.29, 1.82) is 0 Å². The molecule has 56 valence electrons. The summed E-state index contributed by atoms with van der Waals surface area (Å²) in [5.41, 5.74) is 0.950. The number of allylic oxidation sites excluding steroid dienone is 2. The summed E-state index contributed by atoms with van der Waals surface area (Å²) in [6.45, 7) is 6.21. The van der Waals surface area contributed by atoms with Crippen molar-refractivity contribution in [2.45, 2.75) is 27.2 Å². The number of ketones is 1. The molecule has 10 heavy (non-hydrogen) atoms. The molecule has 2 unspecified atom stereocenters. The zero-order valence-electron chi connectivity index (χ0n) is 6.85. The molecule has 0 amide bonds. The summed E-state index contributed by atoms with van der Waals surface area (Å²) in [5.74, 6) is 1.44. The van der Waals surface area contributed by atoms with E-state index in [0.717, 1.165) is 12.0 Å². The number of hydrogen-bond donors (Lipinski definition) is 0. The first-order chi connectivity index (χ1) is 4.61. The van der Waals surface area contributed by atoms with E-state index < -0.39 is 0 Å². The first-order valence-corrected chi connectivity index (χ1v) is 3.83. The van der Waals surface area contributed by atoms with Crippen molar-refractivity contribution in [3.63, 3.8) is 0 Å². The van der Waals surface area contributed by atoms with Crippen molar-refractivity contribution in [3.05, 3.63) is 11.6 Å². The first kappa shape index (κ1) is 7.52. The van der Waals surface area contributed by atoms with Gasteiger partial charge in [-0.2, -0.15) is 0 Å². The molecule has 0 heterocycles. The van der Waals surface area contributed by atoms with Gasteiger partial charge in [-0.25, -0.2) is 0 Å². The summed E-state index contributed by atoms with van der Waals surface area (Å²) in [5, 5.41) is 0. The molecule has 1 aliphatic carbocycles. The minimum Gasteiger partial charge on any atom is -0.295 e. The summed E-state index contributed by atoms with van der Waals surface area (Å²) in [6, 6.07) is 0. The van der Waals surface area contributed by atoms with Crippen molar-refractivity contribution in [1.82, 2.24) is 0 Å². The summed E-state index contributed by atoms with van der Waals surface area (Å²) >= 11 is 0. The number of hydrogen-bond acceptors (Lipinski definition) is 1. The van der Waals surface area contributed by atoms with E-state index in [2.05, 4.69) is 19.9 Å². The van der Waals surface area contributed by atoms with Gasteiger partial charge in [-0.05, 0) is 24.3 Å². The van der Waals surface area contributed by atoms with E-state index in [1.165, 1.54) is 0 Å². The molecular weight excluding hydrogens is 124 g/mol. The molecule has 0 fully saturated rings. The second kappa shape index (κ2) is 2.57. The van der Waals surface area contributed by atoms with Crippen LogP contribution in [0.15, 0.2) is 11.6 Å². The van der Waals surface area contributed by atoms with Crippen LogP contribution in [0.25, 0.3) is 0 Å². The predicted octanol–water partition coefficient (Wildman–Crippen LogP) is 2.18. The molecule has 0 aromatic rings. The SMILES string of the molecule is CC1=CC(C)C(C)CC1=O. The zero-order chi connectivity index (χ0) is 7.72. The fraction of sp³-hybridized carbons (Fsp3) is 0.667. The third-order valence-electron chi connectivity index (χ3n) is 2.36. The fourth-order valence-electron chi connectivity index (χ4n) is 1.29. The Morgan fingerprint density at radius 1 is 1.50 bits per heavy atom. The number of carbonyl (C=O) groups is 1. The standard InChI is InChI=1S/C9H14O/c1-6-4-8(3)9(10)5-7(6)2/h4,6-7H,5H2,1-3H3. The predicted molar refractivity (Wildman–Crippen MR) is 41.7 cm³/mol. The van der Waals surface area contributed by atoms with Crippen LogP contribution in [-0.2, 0) is 4.79 Å². The molecular formula is C9H14O. The largest absolute Gasteiger partial charge is 0.295 e. The van der Waals surface area contributed by atoms with E-state index in [4.69, 9.17) is 0 Å². The molecule has 0 saturated heterocycles. The molecule has 0 spiro atoms. The van der Waals surface area contributed by atoms with E-state index in [1.54, 1.807) is 0 Å². The van der Waals surface area contributed by atoms with E-state index in [0.29, 0.717) is 17.6 Å². The zero-order valence-corrected chi connectivity index (χ0v) is 6.85. The van der Waals surface area contributed by atoms with Gasteiger partial charge in [-0.1, -0.05) is 19.9 Å². The Kier molecular flexibility index (Phi) is 1.93. The van der Waals surface area contributed by atoms with Crippen molar-refractivity contribution in [2.75, 3.05) is 0 Å². The maximum Gasteiger partial charge on any atom is 0.158 e. The molecule has 1 heteroatoms. The molecule has 0 radical (unpaired) electrons. The highest BCUT2D eigenvalue weighted by molar-refractivity contribution is 5.95. The topological polar surface area (TPSA) is 17.1 Å². The molecule has 1 nitrogen and oxygen atoms in total. The number of carbonyl (C=O) groups excluding carboxylic acids is 1. The third kappa shape index (κ3) is 1.28. The highest BCUT2D eigenvalue weighted by atomic mass is 16.1. The Bertz CT molecular complexity index is 179. The summed E-state index contributed by atoms with van der Waals surface area (Å²) in [6.07, 6.45) is 2.82. The molecule has 0 aromatic carbocycles. The van der Waals surface area contributed by atoms with Gasteiger partial charge in [0.05, 0.1) is 0 Å². The van der Waals surface area contributed by atoms with Gasteiger partial charge in [0.1, 0.15) is 0 Å². The van der Waals surface area contributed by atoms with Gasteiger partial charge >= 0.3 is 0 Å². The number of Topliss-reactive ketones (excluding diaryl/α,β-unsaturated/α-hetero) is 1. The lowest BCUT2D eigenvalue weighted by molar-refractivity contribution is -0.117. The molecule has 0 aliphatic heterocycles. The Balaban J connectivity index is 2.79. The average molecular weight is 138 g/mol. The van der Waals surface area contributed by atoms with E-state index in [-0.39, 0.29) is 0 Å². The van der Waals surface area contributed by atoms with Crippen molar-refractivity contribution in [2.24, 2.45) is 11.8 Å². The molecule has 1 rings (SSSR count). The molecule has 2 atom stereocenters. The summed E-state index contributed by atoms with van der Waals surface area (Å²) in [4.78, 5) is 11.1. The van der Waals surface area contributed by atoms with Crippen molar-refractivity contribution < 1.29 is 4.79 Å². The van der Waals surface area contributed by atoms with Crippen molar-refractivity contribution >= 4 is 5.78 Å². The van der Waals surface area contributed by atoms with Crippen molar-refractivity contribution in [3.8, 4) is 0 Å². The van der Waals surface area contributed by atoms with Crippen LogP contribution in [0.4, 0.5) is 0 Å². The van der Waals surface area contributed by atoms with Crippen LogP contribution >= 0.6 is 0 Å². The quantitative estimate of drug-likeness (QED) is 0.501. The van der Waals surface area contributed by atoms with Gasteiger partial charge in [0, 0.05) is 6.42 Å². The van der Waals surface area contributed by atoms with Gasteiger partial charge in [-0.3, -0.25) is 4.79 Å². The smallest absolute Gasteiger partial charge is 0.158 e. The maximum atomic E-state index is 11.1. The van der Waals surface area contributed by atoms with Crippen LogP contribution in [0.2, 0.25) is 0 Å². The van der Waals surface area contributed by atoms with Gasteiger partial charge in [0.25, 0.3) is 0 Å². The lowest BCUT2D eigenvalue weighted by Crippen LogP contribution is -2.18. The van der Waals surface area contributed by atoms with Crippen LogP contribution < -0.4 is 0 Å². The van der Waals surface area contributed by atoms with Crippen LogP contribution in [0.5, 0.6) is 0 Å². The second-order valence-electron chi connectivity index (χ2n) is 3.31. The Morgan fingerprint density at radius 2 is 2.10 bits per heavy atom. The highest BCUT2D eigenvalue weighted by Crippen LogP contribution is 2.24. The van der Waals surface area contributed by atoms with Crippen LogP contribution in [0, 0.1) is 11.8 Å². The normalized spacial score (nSPS) is 33.9. The summed E-state index contributed by atoms with van der Waals surface area (Å²) < 4.78 is 0. The Hall–Kier alpha value is -0.590. The summed E-state index contributed by atoms with van der Waals surface area (Å²) in [7, 11) is 0. The van der Waals surface area contributed by atoms with E-state index >= 15 is 0 Å². The minimum atomic E-state index is 0.325. The average Bonchev–Trinajstić information content (AvgIpc) is 1.84. The molecule has 0 aromatic heterocycles. The monoisotopic (exact) mass is 138 g/mol. The molecule has 0 saturated carbocycles. The maximum absolute atomic E-state index is 11.1. The van der Waals surface area contributed by atoms with E-state index in [9.17, 15) is 4.79 Å².